The molecule has 1 fully saturated rings. The zero-order chi connectivity index (χ0) is 13.0. The van der Waals surface area contributed by atoms with Crippen molar-refractivity contribution in [1.82, 2.24) is 5.48 Å². The van der Waals surface area contributed by atoms with Crippen LogP contribution in [0.15, 0.2) is 24.3 Å². The zero-order valence-electron chi connectivity index (χ0n) is 9.84. The lowest BCUT2D eigenvalue weighted by molar-refractivity contribution is 0.0250. The molecule has 1 N–H and O–H groups in total. The summed E-state index contributed by atoms with van der Waals surface area (Å²) >= 11 is 0. The van der Waals surface area contributed by atoms with Crippen LogP contribution in [0.2, 0.25) is 0 Å². The first kappa shape index (κ1) is 12.5. The molecule has 2 rings (SSSR count). The molecule has 1 amide bonds. The van der Waals surface area contributed by atoms with Gasteiger partial charge in [-0.15, -0.1) is 0 Å². The number of benzene rings is 1. The molecule has 0 saturated carbocycles. The lowest BCUT2D eigenvalue weighted by Crippen LogP contribution is -2.27. The monoisotopic (exact) mass is 251 g/mol. The van der Waals surface area contributed by atoms with Gasteiger partial charge in [-0.2, -0.15) is 0 Å². The van der Waals surface area contributed by atoms with Crippen molar-refractivity contribution in [2.75, 3.05) is 20.3 Å². The summed E-state index contributed by atoms with van der Waals surface area (Å²) in [4.78, 5) is 28.2. The van der Waals surface area contributed by atoms with Gasteiger partial charge in [0.1, 0.15) is 12.7 Å². The third-order valence-corrected chi connectivity index (χ3v) is 2.41. The van der Waals surface area contributed by atoms with Crippen LogP contribution in [0, 0.1) is 0 Å². The van der Waals surface area contributed by atoms with Crippen LogP contribution in [0.5, 0.6) is 0 Å². The number of hydroxylamine groups is 1. The van der Waals surface area contributed by atoms with Crippen LogP contribution in [-0.2, 0) is 14.3 Å². The molecule has 0 aromatic heterocycles. The van der Waals surface area contributed by atoms with E-state index in [1.54, 1.807) is 12.1 Å². The fourth-order valence-corrected chi connectivity index (χ4v) is 1.39. The van der Waals surface area contributed by atoms with Gasteiger partial charge in [-0.25, -0.2) is 10.3 Å². The first-order chi connectivity index (χ1) is 8.72. The van der Waals surface area contributed by atoms with Crippen molar-refractivity contribution >= 4 is 11.9 Å². The Morgan fingerprint density at radius 2 is 2.06 bits per heavy atom. The van der Waals surface area contributed by atoms with E-state index in [-0.39, 0.29) is 17.2 Å². The van der Waals surface area contributed by atoms with E-state index in [0.717, 1.165) is 0 Å². The molecule has 6 heteroatoms. The van der Waals surface area contributed by atoms with Crippen LogP contribution in [0.4, 0.5) is 0 Å². The summed E-state index contributed by atoms with van der Waals surface area (Å²) in [6.45, 7) is 0.945. The molecule has 0 spiro atoms. The molecule has 1 unspecified atom stereocenters. The Morgan fingerprint density at radius 1 is 1.39 bits per heavy atom. The Labute approximate surface area is 104 Å². The quantitative estimate of drug-likeness (QED) is 0.469. The molecule has 0 radical (unpaired) electrons. The van der Waals surface area contributed by atoms with E-state index in [0.29, 0.717) is 13.2 Å². The van der Waals surface area contributed by atoms with E-state index in [1.807, 2.05) is 0 Å². The number of carbonyl (C=O) groups excluding carboxylic acids is 2. The number of nitrogens with one attached hydrogen (secondary N) is 1. The topological polar surface area (TPSA) is 77.2 Å². The highest BCUT2D eigenvalue weighted by atomic mass is 16.7. The van der Waals surface area contributed by atoms with Crippen molar-refractivity contribution in [3.63, 3.8) is 0 Å². The predicted molar refractivity (Wildman–Crippen MR) is 60.9 cm³/mol. The molecule has 1 aromatic rings. The Hall–Kier alpha value is -1.92. The summed E-state index contributed by atoms with van der Waals surface area (Å²) in [6.07, 6.45) is 0.0566. The largest absolute Gasteiger partial charge is 0.465 e. The third kappa shape index (κ3) is 3.06. The van der Waals surface area contributed by atoms with Crippen LogP contribution in [0.1, 0.15) is 20.7 Å². The Morgan fingerprint density at radius 3 is 2.67 bits per heavy atom. The van der Waals surface area contributed by atoms with Crippen LogP contribution < -0.4 is 5.48 Å². The molecule has 1 aliphatic heterocycles. The van der Waals surface area contributed by atoms with Gasteiger partial charge < -0.3 is 9.47 Å². The maximum absolute atomic E-state index is 11.8. The maximum Gasteiger partial charge on any atom is 0.338 e. The highest BCUT2D eigenvalue weighted by Gasteiger charge is 2.23. The zero-order valence-corrected chi connectivity index (χ0v) is 9.84. The van der Waals surface area contributed by atoms with Gasteiger partial charge in [0, 0.05) is 0 Å². The second-order valence-corrected chi connectivity index (χ2v) is 3.73. The second-order valence-electron chi connectivity index (χ2n) is 3.73. The smallest absolute Gasteiger partial charge is 0.338 e. The molecule has 1 saturated heterocycles. The Balaban J connectivity index is 2.01. The van der Waals surface area contributed by atoms with Gasteiger partial charge in [0.2, 0.25) is 0 Å². The minimum absolute atomic E-state index is 0.0566. The Bertz CT molecular complexity index is 456. The second kappa shape index (κ2) is 5.61. The highest BCUT2D eigenvalue weighted by Crippen LogP contribution is 2.11. The molecular weight excluding hydrogens is 238 g/mol. The number of carbonyl (C=O) groups is 2. The average Bonchev–Trinajstić information content (AvgIpc) is 3.22. The van der Waals surface area contributed by atoms with Gasteiger partial charge in [-0.1, -0.05) is 12.1 Å². The summed E-state index contributed by atoms with van der Waals surface area (Å²) < 4.78 is 9.52. The first-order valence-electron chi connectivity index (χ1n) is 5.43. The van der Waals surface area contributed by atoms with Crippen LogP contribution in [0.3, 0.4) is 0 Å². The van der Waals surface area contributed by atoms with Crippen molar-refractivity contribution in [2.24, 2.45) is 0 Å². The number of esters is 1. The van der Waals surface area contributed by atoms with Crippen molar-refractivity contribution in [1.29, 1.82) is 0 Å². The predicted octanol–water partition coefficient (Wildman–Crippen LogP) is 0.533. The molecule has 96 valence electrons. The normalized spacial score (nSPS) is 17.1. The molecule has 18 heavy (non-hydrogen) atoms. The molecule has 1 aliphatic rings. The molecule has 0 aliphatic carbocycles. The summed E-state index contributed by atoms with van der Waals surface area (Å²) in [5, 5.41) is 0. The fraction of sp³-hybridized carbons (Fsp3) is 0.333. The van der Waals surface area contributed by atoms with E-state index in [4.69, 9.17) is 9.57 Å². The average molecular weight is 251 g/mol. The highest BCUT2D eigenvalue weighted by molar-refractivity contribution is 6.04. The number of methoxy groups -OCH3 is 1. The van der Waals surface area contributed by atoms with E-state index in [2.05, 4.69) is 10.2 Å². The van der Waals surface area contributed by atoms with Crippen LogP contribution >= 0.6 is 0 Å². The third-order valence-electron chi connectivity index (χ3n) is 2.41. The van der Waals surface area contributed by atoms with E-state index in [1.165, 1.54) is 19.2 Å². The lowest BCUT2D eigenvalue weighted by Gasteiger charge is -2.08. The van der Waals surface area contributed by atoms with E-state index in [9.17, 15) is 9.59 Å². The molecule has 1 aromatic carbocycles. The number of rotatable bonds is 5. The first-order valence-corrected chi connectivity index (χ1v) is 5.43. The molecule has 1 atom stereocenters. The number of amides is 1. The number of epoxide rings is 1. The fourth-order valence-electron chi connectivity index (χ4n) is 1.39. The SMILES string of the molecule is COC(=O)c1ccccc1C(=O)NOCC1CO1. The van der Waals surface area contributed by atoms with Crippen LogP contribution in [0.25, 0.3) is 0 Å². The van der Waals surface area contributed by atoms with Gasteiger partial charge in [-0.3, -0.25) is 9.63 Å². The summed E-state index contributed by atoms with van der Waals surface area (Å²) in [6, 6.07) is 6.36. The van der Waals surface area contributed by atoms with Crippen molar-refractivity contribution in [3.05, 3.63) is 35.4 Å². The minimum Gasteiger partial charge on any atom is -0.465 e. The van der Waals surface area contributed by atoms with Gasteiger partial charge in [0.05, 0.1) is 24.8 Å². The molecule has 6 nitrogen and oxygen atoms in total. The van der Waals surface area contributed by atoms with E-state index < -0.39 is 11.9 Å². The molecule has 0 bridgehead atoms. The molecule has 1 heterocycles. The maximum atomic E-state index is 11.8. The number of hydrogen-bond donors (Lipinski definition) is 1. The summed E-state index contributed by atoms with van der Waals surface area (Å²) in [5.41, 5.74) is 2.67. The minimum atomic E-state index is -0.564. The van der Waals surface area contributed by atoms with Gasteiger partial charge in [0.15, 0.2) is 0 Å². The molecular formula is C12H13NO5. The number of hydrogen-bond acceptors (Lipinski definition) is 5. The van der Waals surface area contributed by atoms with Gasteiger partial charge >= 0.3 is 5.97 Å². The summed E-state index contributed by atoms with van der Waals surface area (Å²) in [5.74, 6) is -1.05. The Kier molecular flexibility index (Phi) is 3.91. The van der Waals surface area contributed by atoms with Gasteiger partial charge in [0.25, 0.3) is 5.91 Å². The van der Waals surface area contributed by atoms with Crippen molar-refractivity contribution in [2.45, 2.75) is 6.10 Å². The van der Waals surface area contributed by atoms with Crippen molar-refractivity contribution < 1.29 is 23.9 Å². The van der Waals surface area contributed by atoms with Gasteiger partial charge in [-0.05, 0) is 12.1 Å². The summed E-state index contributed by atoms with van der Waals surface area (Å²) in [7, 11) is 1.26. The lowest BCUT2D eigenvalue weighted by atomic mass is 10.1. The standard InChI is InChI=1S/C12H13NO5/c1-16-12(15)10-5-3-2-4-9(10)11(14)13-18-7-8-6-17-8/h2-5,8H,6-7H2,1H3,(H,13,14). The van der Waals surface area contributed by atoms with Crippen molar-refractivity contribution in [3.8, 4) is 0 Å². The van der Waals surface area contributed by atoms with E-state index >= 15 is 0 Å². The number of ether oxygens (including phenoxy) is 2. The van der Waals surface area contributed by atoms with Crippen LogP contribution in [-0.4, -0.2) is 38.3 Å².